The molecule has 0 N–H and O–H groups in total. The number of fused-ring (bicyclic) bond motifs is 1. The Morgan fingerprint density at radius 3 is 2.48 bits per heavy atom. The minimum absolute atomic E-state index is 0.579. The number of imidazole rings is 1. The fraction of sp³-hybridized carbons (Fsp3) is 0.182. The zero-order chi connectivity index (χ0) is 18.8. The maximum Gasteiger partial charge on any atom is 0.195 e. The van der Waals surface area contributed by atoms with Crippen LogP contribution in [0.3, 0.4) is 0 Å². The van der Waals surface area contributed by atoms with Gasteiger partial charge >= 0.3 is 0 Å². The number of carbonyl (C=O) groups is 1. The summed E-state index contributed by atoms with van der Waals surface area (Å²) in [6.45, 7) is 4.84. The van der Waals surface area contributed by atoms with Crippen LogP contribution in [0, 0.1) is 6.92 Å². The maximum atomic E-state index is 12.0. The Labute approximate surface area is 162 Å². The highest BCUT2D eigenvalue weighted by Crippen LogP contribution is 2.35. The van der Waals surface area contributed by atoms with Crippen LogP contribution in [-0.2, 0) is 0 Å². The first-order chi connectivity index (χ1) is 13.2. The fourth-order valence-electron chi connectivity index (χ4n) is 3.22. The third kappa shape index (κ3) is 3.15. The van der Waals surface area contributed by atoms with E-state index in [2.05, 4.69) is 26.0 Å². The van der Waals surface area contributed by atoms with Gasteiger partial charge in [-0.1, -0.05) is 37.3 Å². The van der Waals surface area contributed by atoms with Crippen molar-refractivity contribution in [1.29, 1.82) is 0 Å². The smallest absolute Gasteiger partial charge is 0.195 e. The molecule has 0 amide bonds. The average Bonchev–Trinajstić information content (AvgIpc) is 3.21. The summed E-state index contributed by atoms with van der Waals surface area (Å²) in [6, 6.07) is 17.9. The van der Waals surface area contributed by atoms with Crippen molar-refractivity contribution in [3.8, 4) is 28.3 Å². The number of benzene rings is 2. The number of hydrogen-bond acceptors (Lipinski definition) is 4. The van der Waals surface area contributed by atoms with Crippen LogP contribution in [0.1, 0.15) is 28.7 Å². The molecule has 0 radical (unpaired) electrons. The van der Waals surface area contributed by atoms with E-state index in [4.69, 9.17) is 9.72 Å². The van der Waals surface area contributed by atoms with E-state index in [1.807, 2.05) is 46.9 Å². The van der Waals surface area contributed by atoms with E-state index in [1.54, 1.807) is 11.3 Å². The van der Waals surface area contributed by atoms with Crippen molar-refractivity contribution in [3.05, 3.63) is 65.2 Å². The first-order valence-electron chi connectivity index (χ1n) is 8.98. The highest BCUT2D eigenvalue weighted by atomic mass is 32.1. The highest BCUT2D eigenvalue weighted by Gasteiger charge is 2.20. The molecule has 27 heavy (non-hydrogen) atoms. The number of aldehydes is 1. The van der Waals surface area contributed by atoms with Gasteiger partial charge in [0.25, 0.3) is 0 Å². The predicted octanol–water partition coefficient (Wildman–Crippen LogP) is 5.64. The number of nitrogens with zero attached hydrogens (tertiary/aromatic N) is 2. The van der Waals surface area contributed by atoms with Gasteiger partial charge < -0.3 is 4.74 Å². The summed E-state index contributed by atoms with van der Waals surface area (Å²) < 4.78 is 7.62. The third-order valence-electron chi connectivity index (χ3n) is 4.44. The topological polar surface area (TPSA) is 43.6 Å². The Balaban J connectivity index is 1.83. The number of aryl methyl sites for hydroxylation is 1. The Morgan fingerprint density at radius 1 is 1.07 bits per heavy atom. The molecule has 0 aliphatic heterocycles. The van der Waals surface area contributed by atoms with Gasteiger partial charge in [-0.25, -0.2) is 4.98 Å². The minimum atomic E-state index is 0.579. The van der Waals surface area contributed by atoms with Crippen LogP contribution in [0.4, 0.5) is 0 Å². The molecular weight excluding hydrogens is 356 g/mol. The molecule has 0 atom stereocenters. The molecule has 0 saturated heterocycles. The lowest BCUT2D eigenvalue weighted by Gasteiger charge is -2.06. The molecule has 0 aliphatic carbocycles. The van der Waals surface area contributed by atoms with E-state index in [9.17, 15) is 4.79 Å². The molecular formula is C22H20N2O2S. The zero-order valence-electron chi connectivity index (χ0n) is 15.3. The van der Waals surface area contributed by atoms with Gasteiger partial charge in [-0.15, -0.1) is 11.3 Å². The number of hydrogen-bond donors (Lipinski definition) is 0. The molecule has 0 saturated carbocycles. The molecule has 4 rings (SSSR count). The summed E-state index contributed by atoms with van der Waals surface area (Å²) in [5.74, 6) is 0.829. The van der Waals surface area contributed by atoms with Crippen LogP contribution in [0.5, 0.6) is 5.75 Å². The average molecular weight is 376 g/mol. The van der Waals surface area contributed by atoms with E-state index in [0.29, 0.717) is 18.0 Å². The molecule has 0 aliphatic rings. The molecule has 0 bridgehead atoms. The highest BCUT2D eigenvalue weighted by molar-refractivity contribution is 7.17. The van der Waals surface area contributed by atoms with Crippen molar-refractivity contribution >= 4 is 22.6 Å². The van der Waals surface area contributed by atoms with Gasteiger partial charge in [0.1, 0.15) is 17.1 Å². The van der Waals surface area contributed by atoms with Crippen molar-refractivity contribution in [1.82, 2.24) is 9.38 Å². The van der Waals surface area contributed by atoms with E-state index >= 15 is 0 Å². The SMILES string of the molecule is CCCOc1ccc(-c2nc3sc(C)c(-c4ccccc4)n3c2C=O)cc1. The standard InChI is InChI=1S/C22H20N2O2S/c1-3-13-26-18-11-9-16(10-12-18)20-19(14-25)24-21(15(2)27-22(24)23-20)17-7-5-4-6-8-17/h4-12,14H,3,13H2,1-2H3. The summed E-state index contributed by atoms with van der Waals surface area (Å²) in [6.07, 6.45) is 1.87. The number of rotatable bonds is 6. The molecule has 4 aromatic rings. The second-order valence-corrected chi connectivity index (χ2v) is 7.51. The second-order valence-electron chi connectivity index (χ2n) is 6.33. The summed E-state index contributed by atoms with van der Waals surface area (Å²) >= 11 is 1.60. The van der Waals surface area contributed by atoms with Gasteiger partial charge in [-0.3, -0.25) is 9.20 Å². The quantitative estimate of drug-likeness (QED) is 0.409. The summed E-state index contributed by atoms with van der Waals surface area (Å²) in [4.78, 5) is 18.7. The molecule has 2 aromatic heterocycles. The molecule has 0 fully saturated rings. The minimum Gasteiger partial charge on any atom is -0.494 e. The monoisotopic (exact) mass is 376 g/mol. The van der Waals surface area contributed by atoms with Gasteiger partial charge in [-0.05, 0) is 43.2 Å². The van der Waals surface area contributed by atoms with Crippen LogP contribution >= 0.6 is 11.3 Å². The van der Waals surface area contributed by atoms with E-state index in [0.717, 1.165) is 45.1 Å². The van der Waals surface area contributed by atoms with Crippen LogP contribution < -0.4 is 4.74 Å². The Hall–Kier alpha value is -2.92. The second kappa shape index (κ2) is 7.37. The maximum absolute atomic E-state index is 12.0. The lowest BCUT2D eigenvalue weighted by molar-refractivity contribution is 0.111. The first kappa shape index (κ1) is 17.5. The molecule has 2 aromatic carbocycles. The van der Waals surface area contributed by atoms with Gasteiger partial charge in [0, 0.05) is 10.4 Å². The molecule has 136 valence electrons. The largest absolute Gasteiger partial charge is 0.494 e. The van der Waals surface area contributed by atoms with Crippen molar-refractivity contribution in [2.24, 2.45) is 0 Å². The van der Waals surface area contributed by atoms with E-state index in [1.165, 1.54) is 0 Å². The number of ether oxygens (including phenoxy) is 1. The molecule has 0 spiro atoms. The van der Waals surface area contributed by atoms with Crippen LogP contribution in [0.2, 0.25) is 0 Å². The molecule has 0 unspecified atom stereocenters. The normalized spacial score (nSPS) is 11.0. The van der Waals surface area contributed by atoms with Gasteiger partial charge in [0.2, 0.25) is 0 Å². The molecule has 4 nitrogen and oxygen atoms in total. The van der Waals surface area contributed by atoms with Crippen LogP contribution in [-0.4, -0.2) is 22.3 Å². The van der Waals surface area contributed by atoms with Crippen LogP contribution in [0.25, 0.3) is 27.5 Å². The van der Waals surface area contributed by atoms with Crippen molar-refractivity contribution in [2.45, 2.75) is 20.3 Å². The zero-order valence-corrected chi connectivity index (χ0v) is 16.1. The Kier molecular flexibility index (Phi) is 4.77. The lowest BCUT2D eigenvalue weighted by Crippen LogP contribution is -1.96. The number of carbonyl (C=O) groups excluding carboxylic acids is 1. The Morgan fingerprint density at radius 2 is 1.81 bits per heavy atom. The summed E-state index contributed by atoms with van der Waals surface area (Å²) in [5.41, 5.74) is 4.30. The third-order valence-corrected chi connectivity index (χ3v) is 5.40. The van der Waals surface area contributed by atoms with Crippen molar-refractivity contribution < 1.29 is 9.53 Å². The Bertz CT molecular complexity index is 1080. The van der Waals surface area contributed by atoms with E-state index < -0.39 is 0 Å². The van der Waals surface area contributed by atoms with Crippen LogP contribution in [0.15, 0.2) is 54.6 Å². The number of aromatic nitrogens is 2. The van der Waals surface area contributed by atoms with Crippen molar-refractivity contribution in [2.75, 3.05) is 6.61 Å². The fourth-order valence-corrected chi connectivity index (χ4v) is 4.21. The first-order valence-corrected chi connectivity index (χ1v) is 9.80. The van der Waals surface area contributed by atoms with Crippen molar-refractivity contribution in [3.63, 3.8) is 0 Å². The molecule has 2 heterocycles. The lowest BCUT2D eigenvalue weighted by atomic mass is 10.1. The number of thiazole rings is 1. The van der Waals surface area contributed by atoms with Gasteiger partial charge in [-0.2, -0.15) is 0 Å². The van der Waals surface area contributed by atoms with Gasteiger partial charge in [0.05, 0.1) is 12.3 Å². The van der Waals surface area contributed by atoms with Gasteiger partial charge in [0.15, 0.2) is 11.2 Å². The molecule has 5 heteroatoms. The summed E-state index contributed by atoms with van der Waals surface area (Å²) in [7, 11) is 0. The van der Waals surface area contributed by atoms with E-state index in [-0.39, 0.29) is 0 Å². The summed E-state index contributed by atoms with van der Waals surface area (Å²) in [5, 5.41) is 0. The predicted molar refractivity (Wildman–Crippen MR) is 110 cm³/mol.